The lowest BCUT2D eigenvalue weighted by molar-refractivity contribution is -0.277. The van der Waals surface area contributed by atoms with Crippen molar-refractivity contribution in [3.05, 3.63) is 47.0 Å². The average Bonchev–Trinajstić information content (AvgIpc) is 3.47. The Hall–Kier alpha value is -3.38. The Labute approximate surface area is 291 Å². The van der Waals surface area contributed by atoms with E-state index in [-0.39, 0.29) is 52.6 Å². The molecule has 4 rings (SSSR count). The second-order valence-electron chi connectivity index (χ2n) is 9.20. The maximum Gasteiger partial charge on any atom is 0.573 e. The van der Waals surface area contributed by atoms with E-state index >= 15 is 0 Å². The van der Waals surface area contributed by atoms with Gasteiger partial charge in [-0.05, 0) is 32.9 Å². The number of benzene rings is 2. The Kier molecular flexibility index (Phi) is 15.6. The van der Waals surface area contributed by atoms with Crippen molar-refractivity contribution in [2.24, 2.45) is 0 Å². The van der Waals surface area contributed by atoms with Crippen LogP contribution in [0.4, 0.5) is 65.9 Å². The van der Waals surface area contributed by atoms with Gasteiger partial charge in [0.1, 0.15) is 41.2 Å². The monoisotopic (exact) mass is 853 g/mol. The van der Waals surface area contributed by atoms with E-state index in [1.807, 2.05) is 6.92 Å². The van der Waals surface area contributed by atoms with E-state index < -0.39 is 77.5 Å². The summed E-state index contributed by atoms with van der Waals surface area (Å²) in [7, 11) is 0. The molecule has 0 fully saturated rings. The Morgan fingerprint density at radius 3 is 1.53 bits per heavy atom. The fourth-order valence-corrected chi connectivity index (χ4v) is 3.94. The molecule has 0 unspecified atom stereocenters. The Balaban J connectivity index is 0.000000457. The number of H-pyrrole nitrogens is 1. The Morgan fingerprint density at radius 1 is 0.667 bits per heavy atom. The number of hydrogen-bond donors (Lipinski definition) is 1. The van der Waals surface area contributed by atoms with Crippen molar-refractivity contribution in [2.45, 2.75) is 58.8 Å². The minimum atomic E-state index is -5.48. The zero-order valence-corrected chi connectivity index (χ0v) is 27.9. The van der Waals surface area contributed by atoms with E-state index in [1.165, 1.54) is 13.8 Å². The lowest BCUT2D eigenvalue weighted by Gasteiger charge is -2.16. The van der Waals surface area contributed by atoms with Gasteiger partial charge in [0.05, 0.1) is 22.1 Å². The smallest absolute Gasteiger partial charge is 0.573 e. The van der Waals surface area contributed by atoms with Crippen LogP contribution in [-0.4, -0.2) is 51.5 Å². The van der Waals surface area contributed by atoms with Crippen LogP contribution in [0.25, 0.3) is 22.1 Å². The molecule has 0 atom stereocenters. The van der Waals surface area contributed by atoms with E-state index in [9.17, 15) is 65.9 Å². The molecule has 0 saturated carbocycles. The predicted molar refractivity (Wildman–Crippen MR) is 143 cm³/mol. The SMILES string of the molecule is CCOCCl.CCOCn1c(C(F)(F)F)nc2cc(OC(F)(F)F)c(C(F)(F)F)cc21.Cc1nc2cc(OC(F)(F)F)c(C(F)(F)F)cc2[nH]1.[Br-]. The van der Waals surface area contributed by atoms with Gasteiger partial charge in [0, 0.05) is 25.3 Å². The highest BCUT2D eigenvalue weighted by Crippen LogP contribution is 2.43. The highest BCUT2D eigenvalue weighted by molar-refractivity contribution is 6.17. The molecule has 0 amide bonds. The minimum Gasteiger partial charge on any atom is -1.00 e. The van der Waals surface area contributed by atoms with Crippen molar-refractivity contribution in [1.29, 1.82) is 0 Å². The summed E-state index contributed by atoms with van der Waals surface area (Å²) >= 11 is 5.08. The van der Waals surface area contributed by atoms with Crippen molar-refractivity contribution in [3.63, 3.8) is 0 Å². The van der Waals surface area contributed by atoms with Crippen LogP contribution in [0.5, 0.6) is 11.5 Å². The first-order valence-corrected chi connectivity index (χ1v) is 13.7. The standard InChI is InChI=1S/C13H9F9N2O2.C10H6F6N2O.C3H7ClO.BrH/c1-2-25-5-24-8-3-6(11(14,15)16)9(26-13(20,21)22)4-7(8)23-10(24)12(17,18)19;1-4-17-6-2-5(9(11,12)13)8(3-7(6)18-4)19-10(14,15)16;1-2-5-3-4;/h3-4H,2,5H2,1H3;2-3H,1H3,(H,17,18);2-3H2,1H3;1H/p-1. The zero-order chi connectivity index (χ0) is 38.5. The maximum absolute atomic E-state index is 13.0. The normalized spacial score (nSPS) is 12.5. The summed E-state index contributed by atoms with van der Waals surface area (Å²) < 4.78 is 206. The molecule has 0 radical (unpaired) electrons. The molecule has 51 heavy (non-hydrogen) atoms. The van der Waals surface area contributed by atoms with Gasteiger partial charge < -0.3 is 40.9 Å². The third-order valence-electron chi connectivity index (χ3n) is 5.57. The summed E-state index contributed by atoms with van der Waals surface area (Å²) in [6.45, 7) is 4.67. The molecule has 2 aromatic heterocycles. The number of alkyl halides is 16. The molecule has 2 heterocycles. The van der Waals surface area contributed by atoms with E-state index in [4.69, 9.17) is 16.3 Å². The van der Waals surface area contributed by atoms with Gasteiger partial charge in [-0.3, -0.25) is 4.57 Å². The highest BCUT2D eigenvalue weighted by atomic mass is 79.9. The number of aryl methyl sites for hydroxylation is 1. The lowest BCUT2D eigenvalue weighted by atomic mass is 10.1. The summed E-state index contributed by atoms with van der Waals surface area (Å²) in [5.74, 6) is -4.35. The summed E-state index contributed by atoms with van der Waals surface area (Å²) in [5.41, 5.74) is -4.92. The minimum absolute atomic E-state index is 0. The molecular formula is C26H22BrClF15N4O4-. The molecule has 25 heteroatoms. The average molecular weight is 855 g/mol. The molecule has 4 aromatic rings. The molecule has 8 nitrogen and oxygen atoms in total. The largest absolute Gasteiger partial charge is 1.00 e. The number of nitrogens with one attached hydrogen (secondary N) is 1. The first-order chi connectivity index (χ1) is 22.7. The third kappa shape index (κ3) is 13.6. The van der Waals surface area contributed by atoms with E-state index in [0.29, 0.717) is 29.4 Å². The number of rotatable bonds is 7. The molecule has 2 aromatic carbocycles. The Bertz CT molecular complexity index is 1710. The first kappa shape index (κ1) is 45.6. The predicted octanol–water partition coefficient (Wildman–Crippen LogP) is 6.98. The topological polar surface area (TPSA) is 83.4 Å². The summed E-state index contributed by atoms with van der Waals surface area (Å²) in [6, 6.07) is 1.73. The number of halogens is 17. The second-order valence-corrected chi connectivity index (χ2v) is 9.42. The maximum atomic E-state index is 13.0. The lowest BCUT2D eigenvalue weighted by Crippen LogP contribution is -3.00. The second kappa shape index (κ2) is 17.4. The van der Waals surface area contributed by atoms with Crippen molar-refractivity contribution in [2.75, 3.05) is 19.3 Å². The molecular weight excluding hydrogens is 833 g/mol. The third-order valence-corrected chi connectivity index (χ3v) is 5.73. The van der Waals surface area contributed by atoms with Gasteiger partial charge in [0.15, 0.2) is 0 Å². The molecule has 290 valence electrons. The molecule has 0 spiro atoms. The van der Waals surface area contributed by atoms with Crippen LogP contribution in [0.2, 0.25) is 0 Å². The first-order valence-electron chi connectivity index (χ1n) is 13.2. The molecule has 1 N–H and O–H groups in total. The van der Waals surface area contributed by atoms with Crippen molar-refractivity contribution in [3.8, 4) is 11.5 Å². The van der Waals surface area contributed by atoms with E-state index in [1.54, 1.807) is 0 Å². The quantitative estimate of drug-likeness (QED) is 0.160. The fourth-order valence-electron chi connectivity index (χ4n) is 3.79. The van der Waals surface area contributed by atoms with Gasteiger partial charge in [0.25, 0.3) is 0 Å². The van der Waals surface area contributed by atoms with Crippen LogP contribution in [-0.2, 0) is 34.7 Å². The van der Waals surface area contributed by atoms with Gasteiger partial charge in [-0.1, -0.05) is 11.6 Å². The Morgan fingerprint density at radius 2 is 1.14 bits per heavy atom. The van der Waals surface area contributed by atoms with Crippen molar-refractivity contribution >= 4 is 33.7 Å². The summed E-state index contributed by atoms with van der Waals surface area (Å²) in [4.78, 5) is 9.36. The number of ether oxygens (including phenoxy) is 4. The number of fused-ring (bicyclic) bond motifs is 2. The van der Waals surface area contributed by atoms with Crippen LogP contribution in [0, 0.1) is 6.92 Å². The number of nitrogens with zero attached hydrogens (tertiary/aromatic N) is 3. The van der Waals surface area contributed by atoms with E-state index in [0.717, 1.165) is 0 Å². The van der Waals surface area contributed by atoms with Crippen LogP contribution >= 0.6 is 11.6 Å². The molecule has 0 saturated heterocycles. The van der Waals surface area contributed by atoms with Crippen LogP contribution in [0.1, 0.15) is 36.6 Å². The number of hydrogen-bond acceptors (Lipinski definition) is 6. The number of imidazole rings is 2. The van der Waals surface area contributed by atoms with Crippen LogP contribution in [0.15, 0.2) is 24.3 Å². The molecule has 0 aliphatic heterocycles. The van der Waals surface area contributed by atoms with Gasteiger partial charge in [-0.25, -0.2) is 9.97 Å². The van der Waals surface area contributed by atoms with Gasteiger partial charge >= 0.3 is 31.3 Å². The molecule has 0 bridgehead atoms. The number of aromatic nitrogens is 4. The van der Waals surface area contributed by atoms with E-state index in [2.05, 4.69) is 29.2 Å². The van der Waals surface area contributed by atoms with Crippen molar-refractivity contribution < 1.29 is 102 Å². The van der Waals surface area contributed by atoms with Crippen LogP contribution < -0.4 is 26.5 Å². The van der Waals surface area contributed by atoms with Crippen LogP contribution in [0.3, 0.4) is 0 Å². The van der Waals surface area contributed by atoms with Gasteiger partial charge in [-0.15, -0.1) is 26.3 Å². The zero-order valence-electron chi connectivity index (χ0n) is 25.5. The summed E-state index contributed by atoms with van der Waals surface area (Å²) in [5, 5.41) is 0. The fraction of sp³-hybridized carbons (Fsp3) is 0.462. The van der Waals surface area contributed by atoms with Gasteiger partial charge in [0.2, 0.25) is 5.82 Å². The molecule has 0 aliphatic rings. The highest BCUT2D eigenvalue weighted by Gasteiger charge is 2.43. The number of aromatic amines is 1. The summed E-state index contributed by atoms with van der Waals surface area (Å²) in [6.07, 6.45) is -26.0. The van der Waals surface area contributed by atoms with Crippen molar-refractivity contribution in [1.82, 2.24) is 19.5 Å². The molecule has 0 aliphatic carbocycles. The van der Waals surface area contributed by atoms with Gasteiger partial charge in [-0.2, -0.15) is 39.5 Å².